The molecule has 0 saturated carbocycles. The summed E-state index contributed by atoms with van der Waals surface area (Å²) >= 11 is 0. The van der Waals surface area contributed by atoms with Crippen LogP contribution in [-0.2, 0) is 9.59 Å². The highest BCUT2D eigenvalue weighted by Gasteiger charge is 2.05. The third kappa shape index (κ3) is 26.4. The van der Waals surface area contributed by atoms with E-state index < -0.39 is 17.9 Å². The first-order chi connectivity index (χ1) is 10.8. The molecule has 4 nitrogen and oxygen atoms in total. The van der Waals surface area contributed by atoms with E-state index in [9.17, 15) is 9.59 Å². The Morgan fingerprint density at radius 1 is 1.04 bits per heavy atom. The summed E-state index contributed by atoms with van der Waals surface area (Å²) in [6.07, 6.45) is 4.74. The zero-order valence-electron chi connectivity index (χ0n) is 15.0. The van der Waals surface area contributed by atoms with Crippen LogP contribution in [0.15, 0.2) is 18.4 Å². The standard InChI is InChI=1S/C6H8O2.C6H14S2.C5H10O2/c1-3-4-5(2)6(7)8;1-3-5-7-8-6-4-2;1-3-4(2)5(6)7/h4-5H,1H2,2H3,(H,7,8);3-6H2,1-2H3;4H,3H2,1-2H3,(H,6,7). The average Bonchev–Trinajstić information content (AvgIpc) is 2.52. The number of hydrogen-bond acceptors (Lipinski definition) is 4. The quantitative estimate of drug-likeness (QED) is 0.326. The van der Waals surface area contributed by atoms with Crippen LogP contribution in [0.1, 0.15) is 53.9 Å². The lowest BCUT2D eigenvalue weighted by Gasteiger charge is -1.96. The van der Waals surface area contributed by atoms with E-state index in [2.05, 4.69) is 26.2 Å². The number of hydrogen-bond donors (Lipinski definition) is 2. The molecule has 0 rings (SSSR count). The first-order valence-corrected chi connectivity index (χ1v) is 10.3. The fourth-order valence-corrected chi connectivity index (χ4v) is 2.98. The second kappa shape index (κ2) is 21.2. The van der Waals surface area contributed by atoms with E-state index in [4.69, 9.17) is 10.2 Å². The normalized spacial score (nSPS) is 11.5. The maximum atomic E-state index is 9.99. The molecule has 0 bridgehead atoms. The molecule has 23 heavy (non-hydrogen) atoms. The summed E-state index contributed by atoms with van der Waals surface area (Å²) < 4.78 is 0. The first kappa shape index (κ1) is 27.0. The second-order valence-electron chi connectivity index (χ2n) is 4.79. The SMILES string of the molecule is C=C=CC(C)C(=O)O.CCC(C)C(=O)O.CCCSSCCC. The molecule has 6 heteroatoms. The van der Waals surface area contributed by atoms with Crippen LogP contribution < -0.4 is 0 Å². The molecular weight excluding hydrogens is 332 g/mol. The van der Waals surface area contributed by atoms with Crippen molar-refractivity contribution in [1.29, 1.82) is 0 Å². The van der Waals surface area contributed by atoms with E-state index in [0.29, 0.717) is 0 Å². The molecule has 0 fully saturated rings. The van der Waals surface area contributed by atoms with Gasteiger partial charge in [0.2, 0.25) is 0 Å². The lowest BCUT2D eigenvalue weighted by Crippen LogP contribution is -2.06. The van der Waals surface area contributed by atoms with Gasteiger partial charge in [-0.3, -0.25) is 9.59 Å². The predicted molar refractivity (Wildman–Crippen MR) is 103 cm³/mol. The van der Waals surface area contributed by atoms with Gasteiger partial charge in [-0.15, -0.1) is 5.73 Å². The summed E-state index contributed by atoms with van der Waals surface area (Å²) in [5, 5.41) is 16.4. The van der Waals surface area contributed by atoms with E-state index in [-0.39, 0.29) is 5.92 Å². The fraction of sp³-hybridized carbons (Fsp3) is 0.706. The summed E-state index contributed by atoms with van der Waals surface area (Å²) in [6.45, 7) is 12.8. The first-order valence-electron chi connectivity index (χ1n) is 7.84. The van der Waals surface area contributed by atoms with Crippen LogP contribution in [0.2, 0.25) is 0 Å². The third-order valence-electron chi connectivity index (χ3n) is 2.45. The summed E-state index contributed by atoms with van der Waals surface area (Å²) in [5.41, 5.74) is 2.39. The van der Waals surface area contributed by atoms with Gasteiger partial charge in [-0.2, -0.15) is 0 Å². The largest absolute Gasteiger partial charge is 0.481 e. The molecule has 0 spiro atoms. The highest BCUT2D eigenvalue weighted by molar-refractivity contribution is 8.76. The van der Waals surface area contributed by atoms with Crippen LogP contribution in [0, 0.1) is 11.8 Å². The third-order valence-corrected chi connectivity index (χ3v) is 5.27. The zero-order valence-corrected chi connectivity index (χ0v) is 16.6. The Morgan fingerprint density at radius 3 is 1.61 bits per heavy atom. The molecule has 0 aromatic rings. The molecule has 0 aromatic carbocycles. The van der Waals surface area contributed by atoms with Crippen molar-refractivity contribution in [2.45, 2.75) is 53.9 Å². The predicted octanol–water partition coefficient (Wildman–Crippen LogP) is 5.35. The van der Waals surface area contributed by atoms with Gasteiger partial charge in [-0.1, -0.05) is 55.9 Å². The molecule has 2 N–H and O–H groups in total. The number of carboxylic acids is 2. The minimum atomic E-state index is -0.846. The zero-order chi connectivity index (χ0) is 18.7. The minimum absolute atomic E-state index is 0.181. The van der Waals surface area contributed by atoms with Crippen molar-refractivity contribution in [3.05, 3.63) is 18.4 Å². The number of aliphatic carboxylic acids is 2. The van der Waals surface area contributed by atoms with Crippen molar-refractivity contribution in [3.63, 3.8) is 0 Å². The van der Waals surface area contributed by atoms with Gasteiger partial charge < -0.3 is 10.2 Å². The maximum absolute atomic E-state index is 9.99. The lowest BCUT2D eigenvalue weighted by atomic mass is 10.1. The summed E-state index contributed by atoms with van der Waals surface area (Å²) in [4.78, 5) is 19.9. The molecule has 0 aliphatic heterocycles. The molecular formula is C17H32O4S2. The van der Waals surface area contributed by atoms with Crippen LogP contribution in [0.3, 0.4) is 0 Å². The molecule has 0 heterocycles. The van der Waals surface area contributed by atoms with Crippen LogP contribution in [0.5, 0.6) is 0 Å². The maximum Gasteiger partial charge on any atom is 0.310 e. The Hall–Kier alpha value is -0.840. The number of carboxylic acid groups (broad SMARTS) is 2. The van der Waals surface area contributed by atoms with E-state index in [1.807, 2.05) is 28.5 Å². The molecule has 2 unspecified atom stereocenters. The molecule has 0 amide bonds. The van der Waals surface area contributed by atoms with E-state index >= 15 is 0 Å². The summed E-state index contributed by atoms with van der Waals surface area (Å²) in [6, 6.07) is 0. The highest BCUT2D eigenvalue weighted by Crippen LogP contribution is 2.21. The topological polar surface area (TPSA) is 74.6 Å². The van der Waals surface area contributed by atoms with Gasteiger partial charge >= 0.3 is 11.9 Å². The second-order valence-corrected chi connectivity index (χ2v) is 7.49. The Labute approximate surface area is 149 Å². The molecule has 0 aliphatic rings. The lowest BCUT2D eigenvalue weighted by molar-refractivity contribution is -0.141. The molecule has 136 valence electrons. The Kier molecular flexibility index (Phi) is 24.9. The Balaban J connectivity index is -0.000000262. The van der Waals surface area contributed by atoms with Crippen molar-refractivity contribution >= 4 is 33.5 Å². The van der Waals surface area contributed by atoms with Crippen molar-refractivity contribution in [3.8, 4) is 0 Å². The van der Waals surface area contributed by atoms with E-state index in [1.165, 1.54) is 30.4 Å². The van der Waals surface area contributed by atoms with Crippen molar-refractivity contribution in [2.75, 3.05) is 11.5 Å². The van der Waals surface area contributed by atoms with Crippen molar-refractivity contribution in [1.82, 2.24) is 0 Å². The minimum Gasteiger partial charge on any atom is -0.481 e. The van der Waals surface area contributed by atoms with Gasteiger partial charge in [0.05, 0.1) is 11.8 Å². The molecule has 0 saturated heterocycles. The van der Waals surface area contributed by atoms with E-state index in [0.717, 1.165) is 6.42 Å². The molecule has 0 aliphatic carbocycles. The number of carbonyl (C=O) groups is 2. The number of rotatable bonds is 9. The highest BCUT2D eigenvalue weighted by atomic mass is 33.1. The van der Waals surface area contributed by atoms with Crippen molar-refractivity contribution < 1.29 is 19.8 Å². The van der Waals surface area contributed by atoms with Crippen LogP contribution >= 0.6 is 21.6 Å². The van der Waals surface area contributed by atoms with Crippen LogP contribution in [0.4, 0.5) is 0 Å². The molecule has 0 aromatic heterocycles. The van der Waals surface area contributed by atoms with Gasteiger partial charge in [0.25, 0.3) is 0 Å². The smallest absolute Gasteiger partial charge is 0.310 e. The van der Waals surface area contributed by atoms with Gasteiger partial charge in [0.15, 0.2) is 0 Å². The van der Waals surface area contributed by atoms with Gasteiger partial charge in [0.1, 0.15) is 0 Å². The average molecular weight is 365 g/mol. The van der Waals surface area contributed by atoms with Gasteiger partial charge in [0, 0.05) is 11.5 Å². The van der Waals surface area contributed by atoms with Gasteiger partial charge in [-0.25, -0.2) is 0 Å². The van der Waals surface area contributed by atoms with Crippen molar-refractivity contribution in [2.24, 2.45) is 11.8 Å². The Bertz CT molecular complexity index is 331. The fourth-order valence-electron chi connectivity index (χ4n) is 0.707. The van der Waals surface area contributed by atoms with Crippen LogP contribution in [0.25, 0.3) is 0 Å². The van der Waals surface area contributed by atoms with Gasteiger partial charge in [-0.05, 0) is 32.3 Å². The summed E-state index contributed by atoms with van der Waals surface area (Å²) in [5.74, 6) is 0.422. The summed E-state index contributed by atoms with van der Waals surface area (Å²) in [7, 11) is 3.99. The van der Waals surface area contributed by atoms with Crippen LogP contribution in [-0.4, -0.2) is 33.7 Å². The Morgan fingerprint density at radius 2 is 1.48 bits per heavy atom. The monoisotopic (exact) mass is 364 g/mol. The molecule has 0 radical (unpaired) electrons. The molecule has 2 atom stereocenters. The van der Waals surface area contributed by atoms with E-state index in [1.54, 1.807) is 13.8 Å².